The van der Waals surface area contributed by atoms with Crippen LogP contribution in [-0.4, -0.2) is 37.2 Å². The van der Waals surface area contributed by atoms with Crippen molar-refractivity contribution in [3.05, 3.63) is 29.3 Å². The Balaban J connectivity index is 0.00000576. The van der Waals surface area contributed by atoms with Gasteiger partial charge in [-0.1, -0.05) is 12.1 Å². The predicted octanol–water partition coefficient (Wildman–Crippen LogP) is 4.60. The summed E-state index contributed by atoms with van der Waals surface area (Å²) < 4.78 is 6.10. The molecule has 0 fully saturated rings. The molecule has 1 rings (SSSR count). The van der Waals surface area contributed by atoms with E-state index in [-0.39, 0.29) is 29.6 Å². The monoisotopic (exact) mass is 479 g/mol. The first-order valence-electron chi connectivity index (χ1n) is 8.57. The van der Waals surface area contributed by atoms with Crippen molar-refractivity contribution in [3.63, 3.8) is 0 Å². The van der Waals surface area contributed by atoms with Crippen LogP contribution in [0.3, 0.4) is 0 Å². The molecule has 144 valence electrons. The average Bonchev–Trinajstić information content (AvgIpc) is 2.50. The Morgan fingerprint density at radius 1 is 1.20 bits per heavy atom. The molecule has 0 heterocycles. The molecule has 0 radical (unpaired) electrons. The maximum Gasteiger partial charge on any atom is 0.191 e. The summed E-state index contributed by atoms with van der Waals surface area (Å²) >= 11 is 1.89. The highest BCUT2D eigenvalue weighted by Gasteiger charge is 2.15. The number of rotatable bonds is 8. The normalized spacial score (nSPS) is 11.7. The van der Waals surface area contributed by atoms with Gasteiger partial charge in [0.25, 0.3) is 0 Å². The Labute approximate surface area is 175 Å². The zero-order chi connectivity index (χ0) is 18.0. The Hall–Kier alpha value is -0.630. The first-order chi connectivity index (χ1) is 11.4. The first kappa shape index (κ1) is 24.4. The highest BCUT2D eigenvalue weighted by molar-refractivity contribution is 14.0. The third kappa shape index (κ3) is 10.8. The van der Waals surface area contributed by atoms with Crippen molar-refractivity contribution >= 4 is 41.7 Å². The van der Waals surface area contributed by atoms with Crippen LogP contribution in [-0.2, 0) is 6.54 Å². The summed E-state index contributed by atoms with van der Waals surface area (Å²) in [7, 11) is 1.80. The maximum atomic E-state index is 6.10. The van der Waals surface area contributed by atoms with E-state index in [1.807, 2.05) is 11.8 Å². The minimum Gasteiger partial charge on any atom is -0.488 e. The van der Waals surface area contributed by atoms with Crippen molar-refractivity contribution in [2.45, 2.75) is 52.7 Å². The second-order valence-corrected chi connectivity index (χ2v) is 7.86. The van der Waals surface area contributed by atoms with Gasteiger partial charge in [-0.2, -0.15) is 11.8 Å². The molecule has 2 N–H and O–H groups in total. The fraction of sp³-hybridized carbons (Fsp3) is 0.632. The number of nitrogens with one attached hydrogen (secondary N) is 2. The summed E-state index contributed by atoms with van der Waals surface area (Å²) in [6.45, 7) is 9.93. The molecule has 1 aromatic rings. The van der Waals surface area contributed by atoms with E-state index in [0.717, 1.165) is 30.2 Å². The number of ether oxygens (including phenoxy) is 1. The van der Waals surface area contributed by atoms with E-state index in [4.69, 9.17) is 4.74 Å². The van der Waals surface area contributed by atoms with Gasteiger partial charge < -0.3 is 15.4 Å². The predicted molar refractivity (Wildman–Crippen MR) is 123 cm³/mol. The smallest absolute Gasteiger partial charge is 0.191 e. The zero-order valence-corrected chi connectivity index (χ0v) is 19.6. The molecule has 0 atom stereocenters. The third-order valence-corrected chi connectivity index (χ3v) is 4.07. The van der Waals surface area contributed by atoms with E-state index in [1.54, 1.807) is 7.05 Å². The van der Waals surface area contributed by atoms with Gasteiger partial charge in [0.15, 0.2) is 5.96 Å². The molecular weight excluding hydrogens is 445 g/mol. The fourth-order valence-electron chi connectivity index (χ4n) is 2.21. The molecule has 0 unspecified atom stereocenters. The van der Waals surface area contributed by atoms with Gasteiger partial charge in [-0.15, -0.1) is 24.0 Å². The Bertz CT molecular complexity index is 530. The van der Waals surface area contributed by atoms with Gasteiger partial charge in [0.1, 0.15) is 11.4 Å². The maximum absolute atomic E-state index is 6.10. The lowest BCUT2D eigenvalue weighted by Gasteiger charge is -2.24. The molecule has 0 aliphatic rings. The van der Waals surface area contributed by atoms with Gasteiger partial charge in [0, 0.05) is 25.7 Å². The van der Waals surface area contributed by atoms with Crippen LogP contribution in [0.4, 0.5) is 0 Å². The molecule has 0 aliphatic heterocycles. The Kier molecular flexibility index (Phi) is 12.4. The number of hydrogen-bond donors (Lipinski definition) is 2. The topological polar surface area (TPSA) is 45.7 Å². The summed E-state index contributed by atoms with van der Waals surface area (Å²) in [5.41, 5.74) is 2.13. The van der Waals surface area contributed by atoms with Crippen LogP contribution in [0.15, 0.2) is 23.2 Å². The van der Waals surface area contributed by atoms with Crippen LogP contribution >= 0.6 is 35.7 Å². The van der Waals surface area contributed by atoms with E-state index in [1.165, 1.54) is 17.7 Å². The van der Waals surface area contributed by atoms with Crippen LogP contribution in [0, 0.1) is 6.92 Å². The van der Waals surface area contributed by atoms with Crippen LogP contribution in [0.1, 0.15) is 44.7 Å². The van der Waals surface area contributed by atoms with Gasteiger partial charge >= 0.3 is 0 Å². The van der Waals surface area contributed by atoms with E-state index in [2.05, 4.69) is 67.8 Å². The molecular formula is C19H34IN3OS. The summed E-state index contributed by atoms with van der Waals surface area (Å²) in [5.74, 6) is 2.98. The number of thioether (sulfide) groups is 1. The molecule has 0 saturated carbocycles. The second kappa shape index (κ2) is 12.7. The number of benzene rings is 1. The number of aryl methyl sites for hydroxylation is 1. The van der Waals surface area contributed by atoms with Gasteiger partial charge in [-0.25, -0.2) is 0 Å². The van der Waals surface area contributed by atoms with E-state index < -0.39 is 0 Å². The van der Waals surface area contributed by atoms with E-state index in [9.17, 15) is 0 Å². The lowest BCUT2D eigenvalue weighted by atomic mass is 10.1. The fourth-order valence-corrected chi connectivity index (χ4v) is 2.70. The average molecular weight is 479 g/mol. The van der Waals surface area contributed by atoms with Crippen LogP contribution in [0.5, 0.6) is 5.75 Å². The minimum absolute atomic E-state index is 0. The molecule has 0 spiro atoms. The standard InChI is InChI=1S/C19H33N3OS.HI/c1-15-9-10-16(17(13-15)23-19(2,3)4)14-22-18(20-5)21-11-7-8-12-24-6;/h9-10,13H,7-8,11-12,14H2,1-6H3,(H2,20,21,22);1H. The number of halogens is 1. The lowest BCUT2D eigenvalue weighted by Crippen LogP contribution is -2.37. The number of nitrogens with zero attached hydrogens (tertiary/aromatic N) is 1. The molecule has 0 bridgehead atoms. The van der Waals surface area contributed by atoms with Gasteiger partial charge in [0.2, 0.25) is 0 Å². The molecule has 0 aliphatic carbocycles. The second-order valence-electron chi connectivity index (χ2n) is 6.88. The van der Waals surface area contributed by atoms with Gasteiger partial charge in [-0.05, 0) is 64.2 Å². The summed E-state index contributed by atoms with van der Waals surface area (Å²) in [6.07, 6.45) is 4.53. The number of hydrogen-bond acceptors (Lipinski definition) is 3. The van der Waals surface area contributed by atoms with Crippen LogP contribution < -0.4 is 15.4 Å². The molecule has 6 heteroatoms. The van der Waals surface area contributed by atoms with Crippen molar-refractivity contribution in [1.82, 2.24) is 10.6 Å². The largest absolute Gasteiger partial charge is 0.488 e. The van der Waals surface area contributed by atoms with E-state index >= 15 is 0 Å². The van der Waals surface area contributed by atoms with Crippen molar-refractivity contribution < 1.29 is 4.74 Å². The van der Waals surface area contributed by atoms with Crippen molar-refractivity contribution in [3.8, 4) is 5.75 Å². The zero-order valence-electron chi connectivity index (χ0n) is 16.4. The molecule has 25 heavy (non-hydrogen) atoms. The number of unbranched alkanes of at least 4 members (excludes halogenated alkanes) is 1. The van der Waals surface area contributed by atoms with E-state index in [0.29, 0.717) is 6.54 Å². The van der Waals surface area contributed by atoms with Gasteiger partial charge in [0.05, 0.1) is 0 Å². The Morgan fingerprint density at radius 3 is 2.52 bits per heavy atom. The Morgan fingerprint density at radius 2 is 1.92 bits per heavy atom. The molecule has 0 amide bonds. The minimum atomic E-state index is -0.209. The number of guanidine groups is 1. The van der Waals surface area contributed by atoms with Crippen molar-refractivity contribution in [2.24, 2.45) is 4.99 Å². The van der Waals surface area contributed by atoms with Crippen LogP contribution in [0.2, 0.25) is 0 Å². The number of aliphatic imine (C=N–C) groups is 1. The SMILES string of the molecule is CN=C(NCCCCSC)NCc1ccc(C)cc1OC(C)(C)C.I. The highest BCUT2D eigenvalue weighted by Crippen LogP contribution is 2.24. The lowest BCUT2D eigenvalue weighted by molar-refractivity contribution is 0.129. The molecule has 4 nitrogen and oxygen atoms in total. The third-order valence-electron chi connectivity index (χ3n) is 3.38. The highest BCUT2D eigenvalue weighted by atomic mass is 127. The molecule has 0 saturated heterocycles. The quantitative estimate of drug-likeness (QED) is 0.248. The van der Waals surface area contributed by atoms with Crippen molar-refractivity contribution in [2.75, 3.05) is 25.6 Å². The first-order valence-corrected chi connectivity index (χ1v) is 9.97. The summed E-state index contributed by atoms with van der Waals surface area (Å²) in [4.78, 5) is 4.29. The van der Waals surface area contributed by atoms with Crippen molar-refractivity contribution in [1.29, 1.82) is 0 Å². The summed E-state index contributed by atoms with van der Waals surface area (Å²) in [6, 6.07) is 6.33. The summed E-state index contributed by atoms with van der Waals surface area (Å²) in [5, 5.41) is 6.74. The molecule has 1 aromatic carbocycles. The van der Waals surface area contributed by atoms with Crippen LogP contribution in [0.25, 0.3) is 0 Å². The van der Waals surface area contributed by atoms with Gasteiger partial charge in [-0.3, -0.25) is 4.99 Å². The molecule has 0 aromatic heterocycles.